The lowest BCUT2D eigenvalue weighted by Crippen LogP contribution is -2.36. The highest BCUT2D eigenvalue weighted by Gasteiger charge is 2.48. The van der Waals surface area contributed by atoms with E-state index in [4.69, 9.17) is 29.0 Å². The van der Waals surface area contributed by atoms with Crippen LogP contribution >= 0.6 is 7.75 Å². The van der Waals surface area contributed by atoms with E-state index in [9.17, 15) is 29.2 Å². The van der Waals surface area contributed by atoms with Crippen molar-refractivity contribution in [3.8, 4) is 0 Å². The van der Waals surface area contributed by atoms with Crippen LogP contribution in [-0.2, 0) is 27.8 Å². The molecule has 0 saturated carbocycles. The molecule has 2 aliphatic rings. The summed E-state index contributed by atoms with van der Waals surface area (Å²) in [5.41, 5.74) is 4.29. The van der Waals surface area contributed by atoms with Crippen LogP contribution in [0.5, 0.6) is 0 Å². The molecule has 0 bridgehead atoms. The highest BCUT2D eigenvalue weighted by Crippen LogP contribution is 2.49. The first-order chi connectivity index (χ1) is 21.5. The molecule has 0 aliphatic carbocycles. The van der Waals surface area contributed by atoms with Crippen LogP contribution < -0.4 is 27.6 Å². The van der Waals surface area contributed by atoms with Gasteiger partial charge in [-0.1, -0.05) is 13.3 Å². The number of nitrogens with two attached hydrogens (primary N) is 1. The van der Waals surface area contributed by atoms with E-state index in [0.29, 0.717) is 6.42 Å². The number of fused-ring (bicyclic) bond motifs is 1. The van der Waals surface area contributed by atoms with Crippen molar-refractivity contribution in [2.24, 2.45) is 0 Å². The highest BCUT2D eigenvalue weighted by atomic mass is 31.2. The molecular formula is C25H37N8O11P. The lowest BCUT2D eigenvalue weighted by molar-refractivity contribution is -0.0600. The number of unbranched alkanes of at least 4 members (excludes halogenated alkanes) is 1. The lowest BCUT2D eigenvalue weighted by Gasteiger charge is -2.26. The molecule has 5 heterocycles. The highest BCUT2D eigenvalue weighted by molar-refractivity contribution is 7.51. The Hall–Kier alpha value is -3.26. The summed E-state index contributed by atoms with van der Waals surface area (Å²) in [4.78, 5) is 49.3. The molecule has 0 aromatic carbocycles. The number of imidazole rings is 1. The van der Waals surface area contributed by atoms with Gasteiger partial charge >= 0.3 is 13.4 Å². The minimum atomic E-state index is -4.15. The number of methoxy groups -OCH3 is 1. The fraction of sp³-hybridized carbons (Fsp3) is 0.640. The molecule has 5 rings (SSSR count). The fourth-order valence-corrected chi connectivity index (χ4v) is 6.85. The molecular weight excluding hydrogens is 619 g/mol. The van der Waals surface area contributed by atoms with Gasteiger partial charge in [0.2, 0.25) is 5.95 Å². The van der Waals surface area contributed by atoms with Gasteiger partial charge in [-0.05, 0) is 13.3 Å². The zero-order chi connectivity index (χ0) is 32.5. The second kappa shape index (κ2) is 13.6. The molecule has 3 aromatic rings. The number of hydrogen-bond acceptors (Lipinski definition) is 14. The second-order valence-electron chi connectivity index (χ2n) is 10.8. The third-order valence-electron chi connectivity index (χ3n) is 7.65. The summed E-state index contributed by atoms with van der Waals surface area (Å²) in [6.45, 7) is 2.79. The van der Waals surface area contributed by atoms with Gasteiger partial charge in [0.05, 0.1) is 19.5 Å². The SMILES string of the molecule is CCCCNP(=O)(OCC1OC(n2cnc3c(=O)[nH]c(N)nc32)C(OC)C1O)OC1CC(n2cc(C)c(=O)[nH]c2=O)OC1CO. The van der Waals surface area contributed by atoms with Crippen LogP contribution in [0.25, 0.3) is 11.2 Å². The fourth-order valence-electron chi connectivity index (χ4n) is 5.27. The number of aliphatic hydroxyl groups excluding tert-OH is 2. The molecule has 0 amide bonds. The van der Waals surface area contributed by atoms with Crippen LogP contribution in [0.4, 0.5) is 5.95 Å². The molecule has 0 radical (unpaired) electrons. The second-order valence-corrected chi connectivity index (χ2v) is 12.5. The molecule has 2 aliphatic heterocycles. The van der Waals surface area contributed by atoms with Crippen molar-refractivity contribution in [1.82, 2.24) is 34.2 Å². The van der Waals surface area contributed by atoms with Crippen molar-refractivity contribution in [2.45, 2.75) is 76.1 Å². The summed E-state index contributed by atoms with van der Waals surface area (Å²) in [5.74, 6) is -0.141. The average molecular weight is 657 g/mol. The number of H-pyrrole nitrogens is 2. The molecule has 8 unspecified atom stereocenters. The number of nitrogens with zero attached hydrogens (tertiary/aromatic N) is 4. The number of aliphatic hydroxyl groups is 2. The number of aromatic amines is 2. The Kier molecular flexibility index (Phi) is 10.0. The van der Waals surface area contributed by atoms with E-state index in [-0.39, 0.29) is 35.6 Å². The van der Waals surface area contributed by atoms with Crippen molar-refractivity contribution in [1.29, 1.82) is 0 Å². The van der Waals surface area contributed by atoms with Gasteiger partial charge in [-0.3, -0.25) is 37.7 Å². The third-order valence-corrected chi connectivity index (χ3v) is 9.29. The molecule has 2 saturated heterocycles. The van der Waals surface area contributed by atoms with Crippen molar-refractivity contribution in [2.75, 3.05) is 32.6 Å². The van der Waals surface area contributed by atoms with Crippen LogP contribution in [0.3, 0.4) is 0 Å². The largest absolute Gasteiger partial charge is 0.405 e. The van der Waals surface area contributed by atoms with E-state index in [1.54, 1.807) is 0 Å². The van der Waals surface area contributed by atoms with Crippen molar-refractivity contribution < 1.29 is 38.0 Å². The van der Waals surface area contributed by atoms with E-state index >= 15 is 0 Å². The zero-order valence-electron chi connectivity index (χ0n) is 24.8. The monoisotopic (exact) mass is 656 g/mol. The van der Waals surface area contributed by atoms with Crippen molar-refractivity contribution in [3.05, 3.63) is 49.3 Å². The first kappa shape index (κ1) is 33.1. The Balaban J connectivity index is 1.33. The molecule has 20 heteroatoms. The Bertz CT molecular complexity index is 1720. The average Bonchev–Trinajstić information content (AvgIpc) is 3.68. The Morgan fingerprint density at radius 1 is 1.20 bits per heavy atom. The zero-order valence-corrected chi connectivity index (χ0v) is 25.7. The first-order valence-corrected chi connectivity index (χ1v) is 15.9. The maximum Gasteiger partial charge on any atom is 0.405 e. The summed E-state index contributed by atoms with van der Waals surface area (Å²) >= 11 is 0. The van der Waals surface area contributed by atoms with E-state index < -0.39 is 80.7 Å². The predicted molar refractivity (Wildman–Crippen MR) is 156 cm³/mol. The van der Waals surface area contributed by atoms with Gasteiger partial charge in [0, 0.05) is 31.8 Å². The molecule has 0 spiro atoms. The summed E-state index contributed by atoms with van der Waals surface area (Å²) in [5, 5.41) is 23.9. The van der Waals surface area contributed by atoms with E-state index in [1.807, 2.05) is 6.92 Å². The number of ether oxygens (including phenoxy) is 3. The van der Waals surface area contributed by atoms with Crippen LogP contribution in [0.1, 0.15) is 44.2 Å². The Morgan fingerprint density at radius 3 is 2.69 bits per heavy atom. The summed E-state index contributed by atoms with van der Waals surface area (Å²) < 4.78 is 45.7. The van der Waals surface area contributed by atoms with Gasteiger partial charge in [-0.15, -0.1) is 0 Å². The molecule has 19 nitrogen and oxygen atoms in total. The number of rotatable bonds is 13. The molecule has 8 atom stereocenters. The predicted octanol–water partition coefficient (Wildman–Crippen LogP) is -0.987. The van der Waals surface area contributed by atoms with Crippen LogP contribution in [0, 0.1) is 6.92 Å². The number of aryl methyl sites for hydroxylation is 1. The van der Waals surface area contributed by atoms with Gasteiger partial charge in [-0.25, -0.2) is 19.4 Å². The van der Waals surface area contributed by atoms with Gasteiger partial charge in [-0.2, -0.15) is 4.98 Å². The number of nitrogen functional groups attached to an aromatic ring is 1. The van der Waals surface area contributed by atoms with Gasteiger partial charge in [0.1, 0.15) is 36.7 Å². The Labute approximate surface area is 255 Å². The number of anilines is 1. The molecule has 3 aromatic heterocycles. The normalized spacial score (nSPS) is 28.2. The number of aromatic nitrogens is 6. The number of hydrogen-bond donors (Lipinski definition) is 6. The molecule has 7 N–H and O–H groups in total. The van der Waals surface area contributed by atoms with Crippen LogP contribution in [0.2, 0.25) is 0 Å². The van der Waals surface area contributed by atoms with E-state index in [1.165, 1.54) is 35.7 Å². The smallest absolute Gasteiger partial charge is 0.394 e. The maximum absolute atomic E-state index is 14.0. The van der Waals surface area contributed by atoms with Gasteiger partial charge in [0.25, 0.3) is 11.1 Å². The topological polar surface area (TPSA) is 260 Å². The lowest BCUT2D eigenvalue weighted by atomic mass is 10.1. The standard InChI is InChI=1S/C25H37N8O11P/c1-4-5-6-28-45(39,44-13-7-16(42-14(13)9-34)32-8-12(2)21(36)31-25(32)38)41-10-15-18(35)19(40-3)23(43-15)33-11-27-17-20(33)29-24(26)30-22(17)37/h8,11,13-16,18-19,23,34-35H,4-7,9-10H2,1-3H3,(H,28,39)(H,31,36,38)(H3,26,29,30,37). The molecule has 2 fully saturated rings. The maximum atomic E-state index is 14.0. The third kappa shape index (κ3) is 6.81. The summed E-state index contributed by atoms with van der Waals surface area (Å²) in [6, 6.07) is 0. The summed E-state index contributed by atoms with van der Waals surface area (Å²) in [7, 11) is -2.78. The first-order valence-electron chi connectivity index (χ1n) is 14.3. The van der Waals surface area contributed by atoms with E-state index in [2.05, 4.69) is 25.0 Å². The quantitative estimate of drug-likeness (QED) is 0.0953. The van der Waals surface area contributed by atoms with Gasteiger partial charge < -0.3 is 30.2 Å². The Morgan fingerprint density at radius 2 is 1.98 bits per heavy atom. The molecule has 248 valence electrons. The van der Waals surface area contributed by atoms with Crippen molar-refractivity contribution >= 4 is 24.9 Å². The molecule has 45 heavy (non-hydrogen) atoms. The summed E-state index contributed by atoms with van der Waals surface area (Å²) in [6.07, 6.45) is -3.17. The van der Waals surface area contributed by atoms with Gasteiger partial charge in [0.15, 0.2) is 17.4 Å². The van der Waals surface area contributed by atoms with Crippen LogP contribution in [-0.4, -0.2) is 96.7 Å². The number of nitrogens with one attached hydrogen (secondary N) is 3. The van der Waals surface area contributed by atoms with Crippen molar-refractivity contribution in [3.63, 3.8) is 0 Å². The minimum Gasteiger partial charge on any atom is -0.394 e. The van der Waals surface area contributed by atoms with E-state index in [0.717, 1.165) is 6.42 Å². The van der Waals surface area contributed by atoms with Crippen LogP contribution in [0.15, 0.2) is 26.9 Å². The minimum absolute atomic E-state index is 0.00122.